The molecular weight excluding hydrogens is 384 g/mol. The Hall–Kier alpha value is -3.47. The number of nitrogens with zero attached hydrogens (tertiary/aromatic N) is 4. The molecule has 3 heterocycles. The Morgan fingerprint density at radius 1 is 1.00 bits per heavy atom. The molecule has 0 aliphatic carbocycles. The molecule has 5 nitrogen and oxygen atoms in total. The quantitative estimate of drug-likeness (QED) is 0.494. The molecule has 2 aromatic carbocycles. The van der Waals surface area contributed by atoms with Crippen LogP contribution < -0.4 is 4.90 Å². The highest BCUT2D eigenvalue weighted by Crippen LogP contribution is 2.35. The van der Waals surface area contributed by atoms with Crippen LogP contribution in [0.2, 0.25) is 0 Å². The number of hydrogen-bond acceptors (Lipinski definition) is 5. The summed E-state index contributed by atoms with van der Waals surface area (Å²) in [5.41, 5.74) is 4.03. The van der Waals surface area contributed by atoms with Crippen LogP contribution in [0.15, 0.2) is 67.0 Å². The van der Waals surface area contributed by atoms with Crippen molar-refractivity contribution in [1.29, 1.82) is 0 Å². The van der Waals surface area contributed by atoms with E-state index in [-0.39, 0.29) is 5.75 Å². The normalized spacial score (nSPS) is 16.5. The molecule has 4 aromatic rings. The monoisotopic (exact) mass is 410 g/mol. The van der Waals surface area contributed by atoms with Crippen molar-refractivity contribution in [3.05, 3.63) is 78.1 Å². The third-order valence-electron chi connectivity index (χ3n) is 6.10. The molecule has 0 saturated carbocycles. The average molecular weight is 411 g/mol. The van der Waals surface area contributed by atoms with Crippen LogP contribution in [0.25, 0.3) is 22.3 Å². The summed E-state index contributed by atoms with van der Waals surface area (Å²) in [4.78, 5) is 16.5. The van der Waals surface area contributed by atoms with Crippen molar-refractivity contribution >= 4 is 16.7 Å². The lowest BCUT2D eigenvalue weighted by molar-refractivity contribution is 0.455. The van der Waals surface area contributed by atoms with Gasteiger partial charge in [-0.1, -0.05) is 18.2 Å². The lowest BCUT2D eigenvalue weighted by Crippen LogP contribution is -2.41. The number of pyridine rings is 1. The molecule has 1 atom stereocenters. The number of piperidine rings is 1. The summed E-state index contributed by atoms with van der Waals surface area (Å²) in [5.74, 6) is 1.73. The maximum atomic E-state index is 10.4. The number of hydrogen-bond donors (Lipinski definition) is 1. The number of aryl methyl sites for hydroxylation is 1. The summed E-state index contributed by atoms with van der Waals surface area (Å²) >= 11 is 0. The number of anilines is 1. The molecule has 156 valence electrons. The van der Waals surface area contributed by atoms with Crippen LogP contribution in [-0.4, -0.2) is 32.6 Å². The second-order valence-corrected chi connectivity index (χ2v) is 8.31. The van der Waals surface area contributed by atoms with Gasteiger partial charge in [0.1, 0.15) is 11.6 Å². The van der Waals surface area contributed by atoms with Crippen LogP contribution >= 0.6 is 0 Å². The second-order valence-electron chi connectivity index (χ2n) is 8.31. The lowest BCUT2D eigenvalue weighted by atomic mass is 9.95. The third-order valence-corrected chi connectivity index (χ3v) is 6.10. The van der Waals surface area contributed by atoms with E-state index in [0.717, 1.165) is 48.1 Å². The van der Waals surface area contributed by atoms with Crippen molar-refractivity contribution in [2.24, 2.45) is 0 Å². The van der Waals surface area contributed by atoms with Gasteiger partial charge in [-0.3, -0.25) is 4.98 Å². The van der Waals surface area contributed by atoms with Crippen LogP contribution in [-0.2, 0) is 6.42 Å². The topological polar surface area (TPSA) is 62.1 Å². The van der Waals surface area contributed by atoms with E-state index in [1.165, 1.54) is 12.0 Å². The Labute approximate surface area is 182 Å². The first kappa shape index (κ1) is 19.5. The van der Waals surface area contributed by atoms with Crippen LogP contribution in [0.4, 0.5) is 5.82 Å². The molecule has 1 aliphatic rings. The summed E-state index contributed by atoms with van der Waals surface area (Å²) in [6.07, 6.45) is 8.19. The Kier molecular flexibility index (Phi) is 5.24. The fraction of sp³-hybridized carbons (Fsp3) is 0.269. The number of aromatic hydroxyl groups is 1. The molecule has 1 unspecified atom stereocenters. The Bertz CT molecular complexity index is 1210. The van der Waals surface area contributed by atoms with Crippen molar-refractivity contribution in [1.82, 2.24) is 15.0 Å². The SMILES string of the molecule is Cc1ccc2c(N3CCCCC3Cc3ccncc3)nc(-c3ccccc3O)nc2c1. The number of para-hydroxylation sites is 1. The van der Waals surface area contributed by atoms with Crippen LogP contribution in [0.1, 0.15) is 30.4 Å². The van der Waals surface area contributed by atoms with E-state index in [0.29, 0.717) is 17.4 Å². The van der Waals surface area contributed by atoms with Gasteiger partial charge < -0.3 is 10.0 Å². The van der Waals surface area contributed by atoms with E-state index >= 15 is 0 Å². The smallest absolute Gasteiger partial charge is 0.165 e. The summed E-state index contributed by atoms with van der Waals surface area (Å²) in [6.45, 7) is 3.05. The first-order valence-corrected chi connectivity index (χ1v) is 10.9. The van der Waals surface area contributed by atoms with Crippen molar-refractivity contribution in [3.8, 4) is 17.1 Å². The fourth-order valence-corrected chi connectivity index (χ4v) is 4.51. The van der Waals surface area contributed by atoms with Gasteiger partial charge in [0.05, 0.1) is 11.1 Å². The highest BCUT2D eigenvalue weighted by atomic mass is 16.3. The number of fused-ring (bicyclic) bond motifs is 1. The molecule has 31 heavy (non-hydrogen) atoms. The number of phenolic OH excluding ortho intramolecular Hbond substituents is 1. The summed E-state index contributed by atoms with van der Waals surface area (Å²) in [6, 6.07) is 18.2. The predicted molar refractivity (Wildman–Crippen MR) is 124 cm³/mol. The van der Waals surface area contributed by atoms with Gasteiger partial charge in [-0.2, -0.15) is 0 Å². The van der Waals surface area contributed by atoms with E-state index in [9.17, 15) is 5.11 Å². The summed E-state index contributed by atoms with van der Waals surface area (Å²) in [5, 5.41) is 11.5. The maximum Gasteiger partial charge on any atom is 0.165 e. The molecule has 1 N–H and O–H groups in total. The average Bonchev–Trinajstić information content (AvgIpc) is 2.79. The Morgan fingerprint density at radius 3 is 2.68 bits per heavy atom. The van der Waals surface area contributed by atoms with Crippen LogP contribution in [0.5, 0.6) is 5.75 Å². The largest absolute Gasteiger partial charge is 0.507 e. The molecular formula is C26H26N4O. The van der Waals surface area contributed by atoms with Gasteiger partial charge in [0.2, 0.25) is 0 Å². The molecule has 1 fully saturated rings. The zero-order valence-electron chi connectivity index (χ0n) is 17.7. The summed E-state index contributed by atoms with van der Waals surface area (Å²) < 4.78 is 0. The third kappa shape index (κ3) is 3.96. The van der Waals surface area contributed by atoms with Gasteiger partial charge in [-0.25, -0.2) is 9.97 Å². The Balaban J connectivity index is 1.64. The van der Waals surface area contributed by atoms with Crippen molar-refractivity contribution < 1.29 is 5.11 Å². The molecule has 1 aliphatic heterocycles. The highest BCUT2D eigenvalue weighted by Gasteiger charge is 2.26. The standard InChI is InChI=1S/C26H26N4O/c1-18-9-10-21-23(16-18)28-25(22-7-2-3-8-24(22)31)29-26(21)30-15-5-4-6-20(30)17-19-11-13-27-14-12-19/h2-3,7-14,16,20,31H,4-6,15,17H2,1H3. The van der Waals surface area contributed by atoms with Gasteiger partial charge in [0.15, 0.2) is 5.82 Å². The molecule has 0 amide bonds. The fourth-order valence-electron chi connectivity index (χ4n) is 4.51. The number of aromatic nitrogens is 3. The van der Waals surface area contributed by atoms with Gasteiger partial charge >= 0.3 is 0 Å². The van der Waals surface area contributed by atoms with E-state index in [4.69, 9.17) is 9.97 Å². The summed E-state index contributed by atoms with van der Waals surface area (Å²) in [7, 11) is 0. The molecule has 0 radical (unpaired) electrons. The highest BCUT2D eigenvalue weighted by molar-refractivity contribution is 5.92. The second kappa shape index (κ2) is 8.34. The molecule has 0 bridgehead atoms. The Morgan fingerprint density at radius 2 is 1.84 bits per heavy atom. The van der Waals surface area contributed by atoms with Gasteiger partial charge in [0, 0.05) is 30.4 Å². The predicted octanol–water partition coefficient (Wildman–Crippen LogP) is 5.31. The molecule has 5 heteroatoms. The zero-order chi connectivity index (χ0) is 21.2. The lowest BCUT2D eigenvalue weighted by Gasteiger charge is -2.37. The molecule has 5 rings (SSSR count). The zero-order valence-corrected chi connectivity index (χ0v) is 17.7. The van der Waals surface area contributed by atoms with E-state index in [2.05, 4.69) is 47.1 Å². The molecule has 0 spiro atoms. The van der Waals surface area contributed by atoms with Crippen molar-refractivity contribution in [3.63, 3.8) is 0 Å². The van der Waals surface area contributed by atoms with Gasteiger partial charge in [-0.15, -0.1) is 0 Å². The maximum absolute atomic E-state index is 10.4. The molecule has 1 saturated heterocycles. The minimum atomic E-state index is 0.201. The number of rotatable bonds is 4. The first-order chi connectivity index (χ1) is 15.2. The van der Waals surface area contributed by atoms with Gasteiger partial charge in [-0.05, 0) is 80.1 Å². The van der Waals surface area contributed by atoms with E-state index in [1.807, 2.05) is 30.6 Å². The first-order valence-electron chi connectivity index (χ1n) is 10.9. The van der Waals surface area contributed by atoms with Gasteiger partial charge in [0.25, 0.3) is 0 Å². The van der Waals surface area contributed by atoms with Crippen molar-refractivity contribution in [2.75, 3.05) is 11.4 Å². The number of phenols is 1. The number of benzene rings is 2. The van der Waals surface area contributed by atoms with Crippen LogP contribution in [0, 0.1) is 6.92 Å². The van der Waals surface area contributed by atoms with E-state index in [1.54, 1.807) is 6.07 Å². The minimum Gasteiger partial charge on any atom is -0.507 e. The minimum absolute atomic E-state index is 0.201. The van der Waals surface area contributed by atoms with E-state index < -0.39 is 0 Å². The molecule has 2 aromatic heterocycles. The van der Waals surface area contributed by atoms with Crippen LogP contribution in [0.3, 0.4) is 0 Å². The van der Waals surface area contributed by atoms with Crippen molar-refractivity contribution in [2.45, 2.75) is 38.6 Å².